The summed E-state index contributed by atoms with van der Waals surface area (Å²) in [6.07, 6.45) is 1.37. The summed E-state index contributed by atoms with van der Waals surface area (Å²) in [6, 6.07) is 0. The largest absolute Gasteiger partial charge is 0.376 e. The third kappa shape index (κ3) is 1.19. The van der Waals surface area contributed by atoms with Gasteiger partial charge < -0.3 is 4.74 Å². The highest BCUT2D eigenvalue weighted by Crippen LogP contribution is 2.35. The summed E-state index contributed by atoms with van der Waals surface area (Å²) in [5.41, 5.74) is -2.49. The second-order valence-corrected chi connectivity index (χ2v) is 3.20. The van der Waals surface area contributed by atoms with E-state index in [1.54, 1.807) is 0 Å². The third-order valence-electron chi connectivity index (χ3n) is 2.05. The first-order chi connectivity index (χ1) is 5.02. The number of hydrogen-bond donors (Lipinski definition) is 0. The van der Waals surface area contributed by atoms with Crippen LogP contribution in [0.15, 0.2) is 4.99 Å². The molecular formula is C7H10FNO2. The zero-order valence-electron chi connectivity index (χ0n) is 6.56. The van der Waals surface area contributed by atoms with Crippen molar-refractivity contribution in [3.05, 3.63) is 0 Å². The number of nitrogens with zero attached hydrogens (tertiary/aromatic N) is 1. The molecule has 1 aliphatic rings. The second kappa shape index (κ2) is 2.40. The summed E-state index contributed by atoms with van der Waals surface area (Å²) < 4.78 is 18.1. The molecule has 0 bridgehead atoms. The Morgan fingerprint density at radius 1 is 1.64 bits per heavy atom. The summed E-state index contributed by atoms with van der Waals surface area (Å²) in [5, 5.41) is 0. The fraction of sp³-hybridized carbons (Fsp3) is 0.857. The predicted octanol–water partition coefficient (Wildman–Crippen LogP) is 0.839. The number of aliphatic imine (C=N–C) groups is 1. The molecule has 0 aromatic rings. The van der Waals surface area contributed by atoms with Crippen molar-refractivity contribution in [2.24, 2.45) is 4.99 Å². The van der Waals surface area contributed by atoms with Gasteiger partial charge in [-0.2, -0.15) is 4.99 Å². The van der Waals surface area contributed by atoms with Gasteiger partial charge in [0.2, 0.25) is 6.08 Å². The summed E-state index contributed by atoms with van der Waals surface area (Å²) in [5.74, 6) is 0. The molecule has 0 amide bonds. The minimum absolute atomic E-state index is 0.172. The zero-order chi connectivity index (χ0) is 8.54. The van der Waals surface area contributed by atoms with Crippen LogP contribution >= 0.6 is 0 Å². The van der Waals surface area contributed by atoms with Crippen molar-refractivity contribution in [2.75, 3.05) is 13.2 Å². The molecule has 0 N–H and O–H groups in total. The molecule has 0 spiro atoms. The Morgan fingerprint density at radius 3 is 2.27 bits per heavy atom. The van der Waals surface area contributed by atoms with Gasteiger partial charge in [0.05, 0.1) is 13.2 Å². The fourth-order valence-electron chi connectivity index (χ4n) is 0.923. The minimum Gasteiger partial charge on any atom is -0.376 e. The Morgan fingerprint density at radius 2 is 2.18 bits per heavy atom. The van der Waals surface area contributed by atoms with Crippen LogP contribution in [-0.2, 0) is 9.53 Å². The summed E-state index contributed by atoms with van der Waals surface area (Å²) in [7, 11) is 0. The van der Waals surface area contributed by atoms with E-state index in [9.17, 15) is 9.18 Å². The molecule has 62 valence electrons. The highest BCUT2D eigenvalue weighted by molar-refractivity contribution is 5.36. The first-order valence-electron chi connectivity index (χ1n) is 3.37. The molecule has 0 saturated carbocycles. The lowest BCUT2D eigenvalue weighted by atomic mass is 9.83. The number of carbonyl (C=O) groups excluding carboxylic acids is 1. The van der Waals surface area contributed by atoms with E-state index in [4.69, 9.17) is 4.74 Å². The fourth-order valence-corrected chi connectivity index (χ4v) is 0.923. The summed E-state index contributed by atoms with van der Waals surface area (Å²) in [6.45, 7) is 3.12. The van der Waals surface area contributed by atoms with Gasteiger partial charge in [-0.15, -0.1) is 0 Å². The number of rotatable bonds is 2. The van der Waals surface area contributed by atoms with E-state index >= 15 is 0 Å². The maximum Gasteiger partial charge on any atom is 0.235 e. The molecule has 0 aromatic heterocycles. The van der Waals surface area contributed by atoms with E-state index in [-0.39, 0.29) is 13.2 Å². The first-order valence-corrected chi connectivity index (χ1v) is 3.37. The lowest BCUT2D eigenvalue weighted by Crippen LogP contribution is -2.60. The van der Waals surface area contributed by atoms with Crippen LogP contribution in [-0.4, -0.2) is 30.5 Å². The molecule has 0 aliphatic carbocycles. The van der Waals surface area contributed by atoms with Crippen LogP contribution in [0.3, 0.4) is 0 Å². The Bertz CT molecular complexity index is 199. The summed E-state index contributed by atoms with van der Waals surface area (Å²) in [4.78, 5) is 13.4. The van der Waals surface area contributed by atoms with Gasteiger partial charge in [0.25, 0.3) is 0 Å². The first kappa shape index (κ1) is 8.37. The molecule has 3 nitrogen and oxygen atoms in total. The maximum atomic E-state index is 13.3. The Labute approximate surface area is 64.3 Å². The lowest BCUT2D eigenvalue weighted by molar-refractivity contribution is -0.117. The van der Waals surface area contributed by atoms with Gasteiger partial charge >= 0.3 is 0 Å². The van der Waals surface area contributed by atoms with E-state index in [1.165, 1.54) is 19.9 Å². The van der Waals surface area contributed by atoms with Crippen LogP contribution in [0.4, 0.5) is 4.39 Å². The van der Waals surface area contributed by atoms with Crippen LogP contribution in [0.5, 0.6) is 0 Å². The van der Waals surface area contributed by atoms with Gasteiger partial charge in [-0.25, -0.2) is 9.18 Å². The molecule has 0 aromatic carbocycles. The Balaban J connectivity index is 2.84. The third-order valence-corrected chi connectivity index (χ3v) is 2.05. The minimum atomic E-state index is -1.51. The van der Waals surface area contributed by atoms with Crippen molar-refractivity contribution >= 4 is 6.08 Å². The topological polar surface area (TPSA) is 38.7 Å². The molecular weight excluding hydrogens is 149 g/mol. The molecule has 1 aliphatic heterocycles. The van der Waals surface area contributed by atoms with Gasteiger partial charge in [0, 0.05) is 0 Å². The number of alkyl halides is 1. The van der Waals surface area contributed by atoms with Crippen LogP contribution < -0.4 is 0 Å². The van der Waals surface area contributed by atoms with Gasteiger partial charge in [-0.05, 0) is 13.8 Å². The van der Waals surface area contributed by atoms with Crippen LogP contribution in [0.25, 0.3) is 0 Å². The second-order valence-electron chi connectivity index (χ2n) is 3.20. The highest BCUT2D eigenvalue weighted by Gasteiger charge is 2.52. The van der Waals surface area contributed by atoms with Gasteiger partial charge in [0.15, 0.2) is 5.54 Å². The molecule has 0 unspecified atom stereocenters. The van der Waals surface area contributed by atoms with E-state index in [1.807, 2.05) is 0 Å². The molecule has 0 radical (unpaired) electrons. The number of isocyanates is 1. The highest BCUT2D eigenvalue weighted by atomic mass is 19.1. The smallest absolute Gasteiger partial charge is 0.235 e. The van der Waals surface area contributed by atoms with E-state index < -0.39 is 11.2 Å². The molecule has 1 heterocycles. The monoisotopic (exact) mass is 159 g/mol. The normalized spacial score (nSPS) is 21.7. The molecule has 4 heteroatoms. The molecule has 1 saturated heterocycles. The van der Waals surface area contributed by atoms with Gasteiger partial charge in [0.1, 0.15) is 5.67 Å². The number of hydrogen-bond acceptors (Lipinski definition) is 3. The van der Waals surface area contributed by atoms with Gasteiger partial charge in [-0.1, -0.05) is 0 Å². The van der Waals surface area contributed by atoms with Crippen molar-refractivity contribution in [2.45, 2.75) is 25.1 Å². The molecule has 0 atom stereocenters. The predicted molar refractivity (Wildman–Crippen MR) is 36.9 cm³/mol. The van der Waals surface area contributed by atoms with Crippen molar-refractivity contribution < 1.29 is 13.9 Å². The summed E-state index contributed by atoms with van der Waals surface area (Å²) >= 11 is 0. The van der Waals surface area contributed by atoms with Crippen LogP contribution in [0.2, 0.25) is 0 Å². The molecule has 1 fully saturated rings. The van der Waals surface area contributed by atoms with Crippen molar-refractivity contribution in [3.63, 3.8) is 0 Å². The zero-order valence-corrected chi connectivity index (χ0v) is 6.56. The SMILES string of the molecule is CC(C)(F)C1(N=C=O)COC1. The van der Waals surface area contributed by atoms with Crippen LogP contribution in [0, 0.1) is 0 Å². The average Bonchev–Trinajstić information content (AvgIpc) is 1.75. The van der Waals surface area contributed by atoms with Crippen molar-refractivity contribution in [1.29, 1.82) is 0 Å². The van der Waals surface area contributed by atoms with Crippen molar-refractivity contribution in [1.82, 2.24) is 0 Å². The van der Waals surface area contributed by atoms with E-state index in [2.05, 4.69) is 4.99 Å². The molecule has 1 rings (SSSR count). The van der Waals surface area contributed by atoms with E-state index in [0.29, 0.717) is 0 Å². The quantitative estimate of drug-likeness (QED) is 0.442. The standard InChI is InChI=1S/C7H10FNO2/c1-6(2,8)7(9-5-10)3-11-4-7/h3-4H2,1-2H3. The Hall–Kier alpha value is -0.730. The van der Waals surface area contributed by atoms with Gasteiger partial charge in [-0.3, -0.25) is 0 Å². The maximum absolute atomic E-state index is 13.3. The Kier molecular flexibility index (Phi) is 1.82. The number of ether oxygens (including phenoxy) is 1. The number of halogens is 1. The van der Waals surface area contributed by atoms with E-state index in [0.717, 1.165) is 0 Å². The van der Waals surface area contributed by atoms with Crippen molar-refractivity contribution in [3.8, 4) is 0 Å². The lowest BCUT2D eigenvalue weighted by Gasteiger charge is -2.43. The molecule has 11 heavy (non-hydrogen) atoms. The average molecular weight is 159 g/mol. The van der Waals surface area contributed by atoms with Crippen LogP contribution in [0.1, 0.15) is 13.8 Å².